The van der Waals surface area contributed by atoms with Gasteiger partial charge >= 0.3 is 12.2 Å². The summed E-state index contributed by atoms with van der Waals surface area (Å²) in [6.07, 6.45) is -1.67. The molecule has 2 heterocycles. The Labute approximate surface area is 182 Å². The second-order valence-corrected chi connectivity index (χ2v) is 7.68. The van der Waals surface area contributed by atoms with Gasteiger partial charge in [-0.25, -0.2) is 14.5 Å². The molecule has 0 radical (unpaired) electrons. The predicted molar refractivity (Wildman–Crippen MR) is 111 cm³/mol. The van der Waals surface area contributed by atoms with Crippen LogP contribution in [0, 0.1) is 5.92 Å². The number of halogens is 3. The summed E-state index contributed by atoms with van der Waals surface area (Å²) in [6.45, 7) is 0.692. The third kappa shape index (κ3) is 4.75. The molecule has 7 nitrogen and oxygen atoms in total. The van der Waals surface area contributed by atoms with Crippen LogP contribution in [0.25, 0.3) is 5.69 Å². The van der Waals surface area contributed by atoms with Crippen molar-refractivity contribution in [3.63, 3.8) is 0 Å². The summed E-state index contributed by atoms with van der Waals surface area (Å²) in [5.74, 6) is -0.0193. The highest BCUT2D eigenvalue weighted by atomic mass is 19.4. The summed E-state index contributed by atoms with van der Waals surface area (Å²) >= 11 is 0. The quantitative estimate of drug-likeness (QED) is 0.629. The van der Waals surface area contributed by atoms with E-state index < -0.39 is 23.9 Å². The number of hydrogen-bond donors (Lipinski definition) is 2. The number of hydrogen-bond acceptors (Lipinski definition) is 4. The van der Waals surface area contributed by atoms with Gasteiger partial charge in [0.05, 0.1) is 23.0 Å². The predicted octanol–water partition coefficient (Wildman–Crippen LogP) is 4.26. The Morgan fingerprint density at radius 3 is 2.47 bits per heavy atom. The van der Waals surface area contributed by atoms with Gasteiger partial charge in [-0.15, -0.1) is 0 Å². The molecule has 0 bridgehead atoms. The molecule has 2 N–H and O–H groups in total. The van der Waals surface area contributed by atoms with E-state index in [2.05, 4.69) is 15.4 Å². The van der Waals surface area contributed by atoms with Crippen LogP contribution in [-0.4, -0.2) is 43.9 Å². The van der Waals surface area contributed by atoms with Gasteiger partial charge in [0.25, 0.3) is 0 Å². The van der Waals surface area contributed by atoms with Crippen molar-refractivity contribution in [3.8, 4) is 5.69 Å². The van der Waals surface area contributed by atoms with Crippen molar-refractivity contribution in [3.05, 3.63) is 72.3 Å². The smallest absolute Gasteiger partial charge is 0.388 e. The fraction of sp³-hybridized carbons (Fsp3) is 0.318. The molecule has 0 aliphatic carbocycles. The van der Waals surface area contributed by atoms with Crippen molar-refractivity contribution in [2.45, 2.75) is 25.1 Å². The van der Waals surface area contributed by atoms with Gasteiger partial charge in [-0.3, -0.25) is 0 Å². The Kier molecular flexibility index (Phi) is 6.13. The number of benzene rings is 2. The van der Waals surface area contributed by atoms with Crippen molar-refractivity contribution in [1.29, 1.82) is 0 Å². The summed E-state index contributed by atoms with van der Waals surface area (Å²) in [4.78, 5) is 17.9. The van der Waals surface area contributed by atoms with Crippen molar-refractivity contribution in [2.24, 2.45) is 5.92 Å². The molecule has 1 atom stereocenters. The van der Waals surface area contributed by atoms with Crippen LogP contribution >= 0.6 is 0 Å². The maximum atomic E-state index is 13.6. The zero-order chi connectivity index (χ0) is 22.7. The third-order valence-electron chi connectivity index (χ3n) is 5.65. The van der Waals surface area contributed by atoms with E-state index in [0.717, 1.165) is 11.6 Å². The summed E-state index contributed by atoms with van der Waals surface area (Å²) in [5, 5.41) is 16.8. The van der Waals surface area contributed by atoms with E-state index in [1.807, 2.05) is 30.3 Å². The minimum atomic E-state index is -4.66. The Balaban J connectivity index is 1.43. The molecule has 4 rings (SSSR count). The van der Waals surface area contributed by atoms with Gasteiger partial charge in [-0.2, -0.15) is 18.3 Å². The van der Waals surface area contributed by atoms with Crippen LogP contribution in [-0.2, 0) is 6.18 Å². The lowest BCUT2D eigenvalue weighted by Crippen LogP contribution is -2.42. The standard InChI is InChI=1S/C22H22F3N5O2/c23-22(24,25)18-12-17(30-14-26-13-27-30)6-7-19(18)28-21(32)29-10-8-16(9-11-29)20(31)15-4-2-1-3-5-15/h1-7,12-14,16,20,31H,8-11H2,(H,28,32)/t20-/m0/s1. The summed E-state index contributed by atoms with van der Waals surface area (Å²) in [6, 6.07) is 12.3. The molecule has 1 aromatic heterocycles. The number of aromatic nitrogens is 3. The summed E-state index contributed by atoms with van der Waals surface area (Å²) in [7, 11) is 0. The van der Waals surface area contributed by atoms with Gasteiger partial charge in [0.15, 0.2) is 0 Å². The number of carbonyl (C=O) groups is 1. The molecule has 0 unspecified atom stereocenters. The number of carbonyl (C=O) groups excluding carboxylic acids is 1. The van der Waals surface area contributed by atoms with Crippen LogP contribution < -0.4 is 5.32 Å². The number of likely N-dealkylation sites (tertiary alicyclic amines) is 1. The fourth-order valence-corrected chi connectivity index (χ4v) is 3.89. The summed E-state index contributed by atoms with van der Waals surface area (Å²) in [5.41, 5.74) is -0.285. The largest absolute Gasteiger partial charge is 0.418 e. The van der Waals surface area contributed by atoms with E-state index in [9.17, 15) is 23.1 Å². The number of anilines is 1. The van der Waals surface area contributed by atoms with Crippen LogP contribution in [0.1, 0.15) is 30.1 Å². The number of aliphatic hydroxyl groups excluding tert-OH is 1. The second kappa shape index (κ2) is 8.99. The fourth-order valence-electron chi connectivity index (χ4n) is 3.89. The van der Waals surface area contributed by atoms with E-state index >= 15 is 0 Å². The van der Waals surface area contributed by atoms with E-state index in [0.29, 0.717) is 25.9 Å². The second-order valence-electron chi connectivity index (χ2n) is 7.68. The van der Waals surface area contributed by atoms with Crippen LogP contribution in [0.2, 0.25) is 0 Å². The number of urea groups is 1. The Morgan fingerprint density at radius 2 is 1.84 bits per heavy atom. The Bertz CT molecular complexity index is 1050. The van der Waals surface area contributed by atoms with Crippen molar-refractivity contribution in [2.75, 3.05) is 18.4 Å². The first-order chi connectivity index (χ1) is 15.3. The van der Waals surface area contributed by atoms with Crippen LogP contribution in [0.15, 0.2) is 61.2 Å². The normalized spacial score (nSPS) is 16.1. The highest BCUT2D eigenvalue weighted by molar-refractivity contribution is 5.90. The van der Waals surface area contributed by atoms with Gasteiger partial charge in [-0.1, -0.05) is 30.3 Å². The maximum absolute atomic E-state index is 13.6. The molecule has 2 aromatic carbocycles. The number of aliphatic hydroxyl groups is 1. The third-order valence-corrected chi connectivity index (χ3v) is 5.65. The Hall–Kier alpha value is -3.40. The molecule has 1 fully saturated rings. The first kappa shape index (κ1) is 21.8. The molecule has 10 heteroatoms. The zero-order valence-electron chi connectivity index (χ0n) is 17.0. The molecule has 168 valence electrons. The molecule has 0 spiro atoms. The van der Waals surface area contributed by atoms with Crippen LogP contribution in [0.5, 0.6) is 0 Å². The maximum Gasteiger partial charge on any atom is 0.418 e. The molecular weight excluding hydrogens is 423 g/mol. The van der Waals surface area contributed by atoms with Crippen LogP contribution in [0.3, 0.4) is 0 Å². The average Bonchev–Trinajstić information content (AvgIpc) is 3.34. The molecule has 32 heavy (non-hydrogen) atoms. The highest BCUT2D eigenvalue weighted by Gasteiger charge is 2.35. The van der Waals surface area contributed by atoms with E-state index in [1.54, 1.807) is 0 Å². The SMILES string of the molecule is O=C(Nc1ccc(-n2cncn2)cc1C(F)(F)F)N1CCC([C@@H](O)c2ccccc2)CC1. The first-order valence-electron chi connectivity index (χ1n) is 10.2. The highest BCUT2D eigenvalue weighted by Crippen LogP contribution is 2.37. The molecule has 1 aliphatic rings. The minimum Gasteiger partial charge on any atom is -0.388 e. The average molecular weight is 445 g/mol. The monoisotopic (exact) mass is 445 g/mol. The molecule has 1 saturated heterocycles. The van der Waals surface area contributed by atoms with E-state index in [4.69, 9.17) is 0 Å². The van der Waals surface area contributed by atoms with Crippen LogP contribution in [0.4, 0.5) is 23.7 Å². The molecular formula is C22H22F3N5O2. The molecule has 3 aromatic rings. The van der Waals surface area contributed by atoms with E-state index in [1.165, 1.54) is 34.4 Å². The van der Waals surface area contributed by atoms with Gasteiger partial charge in [0, 0.05) is 13.1 Å². The lowest BCUT2D eigenvalue weighted by Gasteiger charge is -2.34. The van der Waals surface area contributed by atoms with E-state index in [-0.39, 0.29) is 17.3 Å². The lowest BCUT2D eigenvalue weighted by molar-refractivity contribution is -0.136. The number of amides is 2. The number of nitrogens with one attached hydrogen (secondary N) is 1. The number of nitrogens with zero attached hydrogens (tertiary/aromatic N) is 4. The Morgan fingerprint density at radius 1 is 1.12 bits per heavy atom. The van der Waals surface area contributed by atoms with Crippen molar-refractivity contribution in [1.82, 2.24) is 19.7 Å². The first-order valence-corrected chi connectivity index (χ1v) is 10.2. The number of piperidine rings is 1. The van der Waals surface area contributed by atoms with Gasteiger partial charge in [0.2, 0.25) is 0 Å². The molecule has 1 aliphatic heterocycles. The minimum absolute atomic E-state index is 0.0193. The van der Waals surface area contributed by atoms with Crippen molar-refractivity contribution < 1.29 is 23.1 Å². The van der Waals surface area contributed by atoms with Gasteiger partial charge < -0.3 is 15.3 Å². The van der Waals surface area contributed by atoms with Crippen molar-refractivity contribution >= 4 is 11.7 Å². The number of alkyl halides is 3. The number of rotatable bonds is 4. The topological polar surface area (TPSA) is 83.3 Å². The zero-order valence-corrected chi connectivity index (χ0v) is 17.0. The molecule has 2 amide bonds. The van der Waals surface area contributed by atoms with Gasteiger partial charge in [-0.05, 0) is 42.5 Å². The molecule has 0 saturated carbocycles. The lowest BCUT2D eigenvalue weighted by atomic mass is 9.87. The summed E-state index contributed by atoms with van der Waals surface area (Å²) < 4.78 is 42.1. The van der Waals surface area contributed by atoms with Gasteiger partial charge in [0.1, 0.15) is 12.7 Å².